The Morgan fingerprint density at radius 3 is 2.70 bits per heavy atom. The molecule has 4 nitrogen and oxygen atoms in total. The molecule has 0 aliphatic rings. The van der Waals surface area contributed by atoms with Crippen molar-refractivity contribution >= 4 is 28.3 Å². The summed E-state index contributed by atoms with van der Waals surface area (Å²) in [6.07, 6.45) is 0.903. The maximum Gasteiger partial charge on any atom is 0.305 e. The van der Waals surface area contributed by atoms with E-state index in [1.54, 1.807) is 18.3 Å². The SMILES string of the molecule is CCOC(=O)CC[C@@H](N[S@@](=O)C(C)(C)C)c1ccsc1. The molecule has 0 fully saturated rings. The summed E-state index contributed by atoms with van der Waals surface area (Å²) in [6, 6.07) is 1.90. The van der Waals surface area contributed by atoms with Crippen LogP contribution in [0.15, 0.2) is 16.8 Å². The first-order valence-electron chi connectivity index (χ1n) is 6.70. The molecule has 0 aromatic carbocycles. The van der Waals surface area contributed by atoms with Crippen LogP contribution in [-0.2, 0) is 20.5 Å². The summed E-state index contributed by atoms with van der Waals surface area (Å²) in [5.74, 6) is -0.212. The van der Waals surface area contributed by atoms with E-state index < -0.39 is 11.0 Å². The third-order valence-electron chi connectivity index (χ3n) is 2.69. The van der Waals surface area contributed by atoms with Gasteiger partial charge in [-0.2, -0.15) is 11.3 Å². The molecule has 0 amide bonds. The number of ether oxygens (including phenoxy) is 1. The van der Waals surface area contributed by atoms with Gasteiger partial charge in [-0.05, 0) is 56.5 Å². The molecule has 0 saturated carbocycles. The summed E-state index contributed by atoms with van der Waals surface area (Å²) < 4.78 is 20.0. The Hall–Kier alpha value is -0.720. The first kappa shape index (κ1) is 17.3. The molecule has 0 aliphatic heterocycles. The van der Waals surface area contributed by atoms with E-state index >= 15 is 0 Å². The molecule has 0 saturated heterocycles. The average molecular weight is 317 g/mol. The van der Waals surface area contributed by atoms with Gasteiger partial charge in [0.15, 0.2) is 0 Å². The minimum Gasteiger partial charge on any atom is -0.466 e. The van der Waals surface area contributed by atoms with Crippen LogP contribution in [0.3, 0.4) is 0 Å². The van der Waals surface area contributed by atoms with Gasteiger partial charge in [-0.1, -0.05) is 0 Å². The summed E-state index contributed by atoms with van der Waals surface area (Å²) in [7, 11) is -1.17. The van der Waals surface area contributed by atoms with Crippen molar-refractivity contribution < 1.29 is 13.7 Å². The Morgan fingerprint density at radius 2 is 2.20 bits per heavy atom. The standard InChI is InChI=1S/C14H23NO3S2/c1-5-18-13(16)7-6-12(11-8-9-19-10-11)15-20(17)14(2,3)4/h8-10,12,15H,5-7H2,1-4H3/t12-,20+/m1/s1. The van der Waals surface area contributed by atoms with Crippen LogP contribution in [0.1, 0.15) is 52.1 Å². The van der Waals surface area contributed by atoms with Crippen LogP contribution in [0.2, 0.25) is 0 Å². The number of hydrogen-bond acceptors (Lipinski definition) is 4. The molecule has 1 rings (SSSR count). The van der Waals surface area contributed by atoms with E-state index in [0.29, 0.717) is 19.4 Å². The molecular weight excluding hydrogens is 294 g/mol. The molecule has 0 bridgehead atoms. The van der Waals surface area contributed by atoms with Gasteiger partial charge in [0.2, 0.25) is 0 Å². The van der Waals surface area contributed by atoms with E-state index in [1.165, 1.54) is 0 Å². The number of esters is 1. The molecule has 1 aromatic rings. The second-order valence-electron chi connectivity index (χ2n) is 5.45. The monoisotopic (exact) mass is 317 g/mol. The van der Waals surface area contributed by atoms with E-state index in [0.717, 1.165) is 5.56 Å². The summed E-state index contributed by atoms with van der Waals surface area (Å²) in [4.78, 5) is 11.5. The van der Waals surface area contributed by atoms with Gasteiger partial charge in [0, 0.05) is 12.5 Å². The Labute approximate surface area is 127 Å². The van der Waals surface area contributed by atoms with Crippen molar-refractivity contribution in [3.8, 4) is 0 Å². The molecule has 2 atom stereocenters. The smallest absolute Gasteiger partial charge is 0.305 e. The third kappa shape index (κ3) is 5.73. The predicted molar refractivity (Wildman–Crippen MR) is 84.0 cm³/mol. The summed E-state index contributed by atoms with van der Waals surface area (Å²) >= 11 is 1.59. The molecular formula is C14H23NO3S2. The lowest BCUT2D eigenvalue weighted by Gasteiger charge is -2.23. The first-order chi connectivity index (χ1) is 9.34. The maximum absolute atomic E-state index is 12.2. The van der Waals surface area contributed by atoms with Crippen LogP contribution in [-0.4, -0.2) is 21.5 Å². The molecule has 114 valence electrons. The van der Waals surface area contributed by atoms with Crippen LogP contribution in [0.5, 0.6) is 0 Å². The highest BCUT2D eigenvalue weighted by Gasteiger charge is 2.24. The molecule has 1 heterocycles. The lowest BCUT2D eigenvalue weighted by Crippen LogP contribution is -2.35. The lowest BCUT2D eigenvalue weighted by molar-refractivity contribution is -0.143. The summed E-state index contributed by atoms with van der Waals surface area (Å²) in [5, 5.41) is 4.00. The van der Waals surface area contributed by atoms with E-state index in [1.807, 2.05) is 37.6 Å². The fraction of sp³-hybridized carbons (Fsp3) is 0.643. The van der Waals surface area contributed by atoms with Crippen molar-refractivity contribution in [2.24, 2.45) is 0 Å². The van der Waals surface area contributed by atoms with Crippen LogP contribution < -0.4 is 4.72 Å². The molecule has 1 aromatic heterocycles. The number of carbonyl (C=O) groups excluding carboxylic acids is 1. The summed E-state index contributed by atoms with van der Waals surface area (Å²) in [6.45, 7) is 7.95. The normalized spacial score (nSPS) is 14.8. The largest absolute Gasteiger partial charge is 0.466 e. The van der Waals surface area contributed by atoms with Crippen LogP contribution in [0.25, 0.3) is 0 Å². The van der Waals surface area contributed by atoms with Crippen LogP contribution in [0, 0.1) is 0 Å². The fourth-order valence-corrected chi connectivity index (χ4v) is 3.15. The molecule has 0 unspecified atom stereocenters. The second kappa shape index (κ2) is 7.90. The van der Waals surface area contributed by atoms with E-state index in [-0.39, 0.29) is 16.8 Å². The van der Waals surface area contributed by atoms with Gasteiger partial charge in [-0.3, -0.25) is 4.79 Å². The average Bonchev–Trinajstić information content (AvgIpc) is 2.86. The quantitative estimate of drug-likeness (QED) is 0.786. The van der Waals surface area contributed by atoms with Gasteiger partial charge in [-0.15, -0.1) is 0 Å². The second-order valence-corrected chi connectivity index (χ2v) is 8.23. The van der Waals surface area contributed by atoms with Gasteiger partial charge in [-0.25, -0.2) is 8.93 Å². The zero-order chi connectivity index (χ0) is 15.2. The lowest BCUT2D eigenvalue weighted by atomic mass is 10.1. The van der Waals surface area contributed by atoms with Crippen molar-refractivity contribution in [1.29, 1.82) is 0 Å². The zero-order valence-corrected chi connectivity index (χ0v) is 14.1. The summed E-state index contributed by atoms with van der Waals surface area (Å²) in [5.41, 5.74) is 1.07. The third-order valence-corrected chi connectivity index (χ3v) is 5.01. The highest BCUT2D eigenvalue weighted by Crippen LogP contribution is 2.23. The van der Waals surface area contributed by atoms with Crippen LogP contribution >= 0.6 is 11.3 Å². The highest BCUT2D eigenvalue weighted by molar-refractivity contribution is 7.84. The number of thiophene rings is 1. The highest BCUT2D eigenvalue weighted by atomic mass is 32.2. The minimum atomic E-state index is -1.17. The van der Waals surface area contributed by atoms with Gasteiger partial charge in [0.05, 0.1) is 22.3 Å². The molecule has 0 radical (unpaired) electrons. The zero-order valence-electron chi connectivity index (χ0n) is 12.5. The van der Waals surface area contributed by atoms with Gasteiger partial charge < -0.3 is 4.74 Å². The topological polar surface area (TPSA) is 55.4 Å². The minimum absolute atomic E-state index is 0.0919. The van der Waals surface area contributed by atoms with Crippen molar-refractivity contribution in [2.45, 2.75) is 51.3 Å². The molecule has 20 heavy (non-hydrogen) atoms. The number of carbonyl (C=O) groups is 1. The van der Waals surface area contributed by atoms with E-state index in [4.69, 9.17) is 4.74 Å². The molecule has 6 heteroatoms. The Balaban J connectivity index is 2.67. The van der Waals surface area contributed by atoms with Crippen LogP contribution in [0.4, 0.5) is 0 Å². The van der Waals surface area contributed by atoms with Gasteiger partial charge in [0.1, 0.15) is 0 Å². The maximum atomic E-state index is 12.2. The predicted octanol–water partition coefficient (Wildman–Crippen LogP) is 3.18. The molecule has 0 aliphatic carbocycles. The Kier molecular flexibility index (Phi) is 6.85. The van der Waals surface area contributed by atoms with Crippen molar-refractivity contribution in [3.05, 3.63) is 22.4 Å². The fourth-order valence-electron chi connectivity index (χ4n) is 1.57. The van der Waals surface area contributed by atoms with Crippen molar-refractivity contribution in [3.63, 3.8) is 0 Å². The Morgan fingerprint density at radius 1 is 1.50 bits per heavy atom. The Bertz CT molecular complexity index is 438. The number of nitrogens with one attached hydrogen (secondary N) is 1. The van der Waals surface area contributed by atoms with Crippen molar-refractivity contribution in [2.75, 3.05) is 6.61 Å². The van der Waals surface area contributed by atoms with Gasteiger partial charge in [0.25, 0.3) is 0 Å². The number of hydrogen-bond donors (Lipinski definition) is 1. The number of rotatable bonds is 7. The first-order valence-corrected chi connectivity index (χ1v) is 8.79. The molecule has 0 spiro atoms. The van der Waals surface area contributed by atoms with E-state index in [9.17, 15) is 9.00 Å². The molecule has 1 N–H and O–H groups in total. The van der Waals surface area contributed by atoms with E-state index in [2.05, 4.69) is 4.72 Å². The van der Waals surface area contributed by atoms with Crippen molar-refractivity contribution in [1.82, 2.24) is 4.72 Å². The van der Waals surface area contributed by atoms with Gasteiger partial charge >= 0.3 is 5.97 Å².